The molecule has 4 rings (SSSR count). The minimum absolute atomic E-state index is 0.242. The quantitative estimate of drug-likeness (QED) is 0.534. The third kappa shape index (κ3) is 3.86. The zero-order valence-corrected chi connectivity index (χ0v) is 16.5. The van der Waals surface area contributed by atoms with E-state index < -0.39 is 0 Å². The average Bonchev–Trinajstić information content (AvgIpc) is 3.24. The maximum absolute atomic E-state index is 6.03. The standard InChI is InChI=1S/C22H22N6O/c1-13-4-6-16(7-5-13)18-12-25-20(23)19(26-18)22-28-27-21(29-22)17-10-8-15(9-11-17)14(2)24-3/h4-12,14,24H,1-3H3,(H2,23,25). The van der Waals surface area contributed by atoms with Crippen molar-refractivity contribution in [3.05, 3.63) is 65.9 Å². The molecule has 0 bridgehead atoms. The van der Waals surface area contributed by atoms with Gasteiger partial charge in [0.05, 0.1) is 11.9 Å². The number of rotatable bonds is 5. The van der Waals surface area contributed by atoms with Crippen LogP contribution in [0, 0.1) is 6.92 Å². The van der Waals surface area contributed by atoms with Gasteiger partial charge in [-0.2, -0.15) is 0 Å². The van der Waals surface area contributed by atoms with Crippen LogP contribution < -0.4 is 11.1 Å². The van der Waals surface area contributed by atoms with E-state index in [1.807, 2.05) is 62.5 Å². The zero-order valence-electron chi connectivity index (χ0n) is 16.5. The number of anilines is 1. The van der Waals surface area contributed by atoms with E-state index in [0.29, 0.717) is 17.3 Å². The van der Waals surface area contributed by atoms with Gasteiger partial charge in [-0.25, -0.2) is 9.97 Å². The number of nitrogens with zero attached hydrogens (tertiary/aromatic N) is 4. The van der Waals surface area contributed by atoms with Crippen LogP contribution in [0.15, 0.2) is 59.1 Å². The van der Waals surface area contributed by atoms with Gasteiger partial charge in [-0.3, -0.25) is 0 Å². The molecule has 29 heavy (non-hydrogen) atoms. The second kappa shape index (κ2) is 7.81. The first kappa shape index (κ1) is 18.8. The summed E-state index contributed by atoms with van der Waals surface area (Å²) >= 11 is 0. The van der Waals surface area contributed by atoms with Crippen LogP contribution >= 0.6 is 0 Å². The van der Waals surface area contributed by atoms with Crippen molar-refractivity contribution in [2.75, 3.05) is 12.8 Å². The fraction of sp³-hybridized carbons (Fsp3) is 0.182. The van der Waals surface area contributed by atoms with Gasteiger partial charge in [0, 0.05) is 17.2 Å². The van der Waals surface area contributed by atoms with Crippen molar-refractivity contribution >= 4 is 5.82 Å². The molecule has 7 nitrogen and oxygen atoms in total. The Bertz CT molecular complexity index is 1120. The highest BCUT2D eigenvalue weighted by Crippen LogP contribution is 2.28. The summed E-state index contributed by atoms with van der Waals surface area (Å²) in [6.45, 7) is 4.14. The first-order chi connectivity index (χ1) is 14.0. The Kier molecular flexibility index (Phi) is 5.05. The summed E-state index contributed by atoms with van der Waals surface area (Å²) < 4.78 is 5.85. The zero-order chi connectivity index (χ0) is 20.4. The van der Waals surface area contributed by atoms with Gasteiger partial charge < -0.3 is 15.5 Å². The van der Waals surface area contributed by atoms with Gasteiger partial charge in [0.1, 0.15) is 0 Å². The van der Waals surface area contributed by atoms with Crippen molar-refractivity contribution in [1.82, 2.24) is 25.5 Å². The second-order valence-electron chi connectivity index (χ2n) is 6.90. The smallest absolute Gasteiger partial charge is 0.270 e. The normalized spacial score (nSPS) is 12.1. The molecule has 0 saturated carbocycles. The molecule has 0 amide bonds. The third-order valence-electron chi connectivity index (χ3n) is 4.87. The van der Waals surface area contributed by atoms with E-state index in [0.717, 1.165) is 11.1 Å². The van der Waals surface area contributed by atoms with Crippen LogP contribution in [-0.4, -0.2) is 27.2 Å². The molecule has 1 atom stereocenters. The van der Waals surface area contributed by atoms with Gasteiger partial charge in [0.15, 0.2) is 11.5 Å². The Balaban J connectivity index is 1.65. The Labute approximate surface area is 169 Å². The van der Waals surface area contributed by atoms with Crippen LogP contribution in [-0.2, 0) is 0 Å². The largest absolute Gasteiger partial charge is 0.414 e. The van der Waals surface area contributed by atoms with Crippen LogP contribution in [0.2, 0.25) is 0 Å². The van der Waals surface area contributed by atoms with E-state index >= 15 is 0 Å². The molecule has 2 aromatic heterocycles. The first-order valence-corrected chi connectivity index (χ1v) is 9.36. The lowest BCUT2D eigenvalue weighted by Gasteiger charge is -2.10. The molecule has 0 spiro atoms. The van der Waals surface area contributed by atoms with Crippen molar-refractivity contribution in [2.24, 2.45) is 0 Å². The average molecular weight is 386 g/mol. The number of aromatic nitrogens is 4. The molecule has 0 aliphatic heterocycles. The summed E-state index contributed by atoms with van der Waals surface area (Å²) in [4.78, 5) is 8.86. The molecule has 146 valence electrons. The van der Waals surface area contributed by atoms with E-state index in [4.69, 9.17) is 10.2 Å². The van der Waals surface area contributed by atoms with Crippen LogP contribution in [0.3, 0.4) is 0 Å². The Morgan fingerprint density at radius 1 is 0.931 bits per heavy atom. The van der Waals surface area contributed by atoms with E-state index in [2.05, 4.69) is 32.4 Å². The monoisotopic (exact) mass is 386 g/mol. The van der Waals surface area contributed by atoms with Gasteiger partial charge in [0.2, 0.25) is 5.89 Å². The molecule has 1 unspecified atom stereocenters. The fourth-order valence-electron chi connectivity index (χ4n) is 2.94. The number of hydrogen-bond donors (Lipinski definition) is 2. The molecule has 0 saturated heterocycles. The minimum Gasteiger partial charge on any atom is -0.414 e. The molecular weight excluding hydrogens is 364 g/mol. The highest BCUT2D eigenvalue weighted by atomic mass is 16.4. The van der Waals surface area contributed by atoms with E-state index in [1.54, 1.807) is 6.20 Å². The maximum atomic E-state index is 6.03. The fourth-order valence-corrected chi connectivity index (χ4v) is 2.94. The van der Waals surface area contributed by atoms with Crippen molar-refractivity contribution in [3.8, 4) is 34.3 Å². The maximum Gasteiger partial charge on any atom is 0.270 e. The van der Waals surface area contributed by atoms with Crippen molar-refractivity contribution in [3.63, 3.8) is 0 Å². The van der Waals surface area contributed by atoms with Crippen molar-refractivity contribution in [1.29, 1.82) is 0 Å². The van der Waals surface area contributed by atoms with Gasteiger partial charge in [0.25, 0.3) is 5.89 Å². The lowest BCUT2D eigenvalue weighted by molar-refractivity contribution is 0.582. The Morgan fingerprint density at radius 3 is 2.28 bits per heavy atom. The molecule has 4 aromatic rings. The molecule has 7 heteroatoms. The number of nitrogens with one attached hydrogen (secondary N) is 1. The molecule has 0 radical (unpaired) electrons. The first-order valence-electron chi connectivity index (χ1n) is 9.36. The summed E-state index contributed by atoms with van der Waals surface area (Å²) in [5.41, 5.74) is 11.2. The predicted octanol–water partition coefficient (Wildman–Crippen LogP) is 4.03. The highest BCUT2D eigenvalue weighted by molar-refractivity contribution is 5.68. The van der Waals surface area contributed by atoms with Crippen LogP contribution in [0.5, 0.6) is 0 Å². The predicted molar refractivity (Wildman–Crippen MR) is 113 cm³/mol. The molecule has 3 N–H and O–H groups in total. The van der Waals surface area contributed by atoms with Crippen molar-refractivity contribution < 1.29 is 4.42 Å². The van der Waals surface area contributed by atoms with Gasteiger partial charge in [-0.05, 0) is 38.6 Å². The Morgan fingerprint density at radius 2 is 1.59 bits per heavy atom. The van der Waals surface area contributed by atoms with Crippen LogP contribution in [0.4, 0.5) is 5.82 Å². The topological polar surface area (TPSA) is 103 Å². The van der Waals surface area contributed by atoms with Crippen LogP contribution in [0.1, 0.15) is 24.1 Å². The van der Waals surface area contributed by atoms with Gasteiger partial charge >= 0.3 is 0 Å². The molecule has 0 aliphatic carbocycles. The van der Waals surface area contributed by atoms with E-state index in [1.165, 1.54) is 11.1 Å². The molecule has 0 fully saturated rings. The van der Waals surface area contributed by atoms with E-state index in [-0.39, 0.29) is 17.8 Å². The Hall–Kier alpha value is -3.58. The summed E-state index contributed by atoms with van der Waals surface area (Å²) in [5, 5.41) is 11.5. The summed E-state index contributed by atoms with van der Waals surface area (Å²) in [5.74, 6) is 0.895. The number of benzene rings is 2. The highest BCUT2D eigenvalue weighted by Gasteiger charge is 2.17. The minimum atomic E-state index is 0.242. The summed E-state index contributed by atoms with van der Waals surface area (Å²) in [7, 11) is 1.93. The van der Waals surface area contributed by atoms with Gasteiger partial charge in [-0.15, -0.1) is 10.2 Å². The number of nitrogens with two attached hydrogens (primary N) is 1. The number of hydrogen-bond acceptors (Lipinski definition) is 7. The SMILES string of the molecule is CNC(C)c1ccc(-c2nnc(-c3nc(-c4ccc(C)cc4)cnc3N)o2)cc1. The molecule has 2 heterocycles. The number of aryl methyl sites for hydroxylation is 1. The summed E-state index contributed by atoms with van der Waals surface area (Å²) in [6.07, 6.45) is 1.64. The van der Waals surface area contributed by atoms with Crippen LogP contribution in [0.25, 0.3) is 34.3 Å². The lowest BCUT2D eigenvalue weighted by Crippen LogP contribution is -2.11. The second-order valence-corrected chi connectivity index (χ2v) is 6.90. The lowest BCUT2D eigenvalue weighted by atomic mass is 10.1. The summed E-state index contributed by atoms with van der Waals surface area (Å²) in [6, 6.07) is 16.3. The molecule has 2 aromatic carbocycles. The molecular formula is C22H22N6O. The van der Waals surface area contributed by atoms with E-state index in [9.17, 15) is 0 Å². The number of nitrogen functional groups attached to an aromatic ring is 1. The van der Waals surface area contributed by atoms with Crippen molar-refractivity contribution in [2.45, 2.75) is 19.9 Å². The van der Waals surface area contributed by atoms with Gasteiger partial charge in [-0.1, -0.05) is 42.0 Å². The third-order valence-corrected chi connectivity index (χ3v) is 4.87. The molecule has 0 aliphatic rings.